The van der Waals surface area contributed by atoms with E-state index in [1.807, 2.05) is 11.8 Å². The summed E-state index contributed by atoms with van der Waals surface area (Å²) >= 11 is 5.52. The molecule has 0 aromatic heterocycles. The van der Waals surface area contributed by atoms with Crippen molar-refractivity contribution in [2.45, 2.75) is 50.4 Å². The second-order valence-electron chi connectivity index (χ2n) is 4.47. The number of rotatable bonds is 5. The third-order valence-corrected chi connectivity index (χ3v) is 4.07. The Labute approximate surface area is 112 Å². The highest BCUT2D eigenvalue weighted by Crippen LogP contribution is 2.31. The molecule has 0 heterocycles. The number of halogens is 1. The molecule has 0 bridgehead atoms. The zero-order chi connectivity index (χ0) is 12.1. The standard InChI is InChI=1S/C13H20BrNS/c1-9(2)15-8-11-5-6-13(12(14)7-11)16-10(3)4/h5-7,9-10,15H,8H2,1-4H3. The molecule has 0 aliphatic heterocycles. The molecule has 1 nitrogen and oxygen atoms in total. The molecule has 0 radical (unpaired) electrons. The first kappa shape index (κ1) is 14.1. The third-order valence-electron chi connectivity index (χ3n) is 2.07. The lowest BCUT2D eigenvalue weighted by Crippen LogP contribution is -2.21. The predicted molar refractivity (Wildman–Crippen MR) is 77.1 cm³/mol. The summed E-state index contributed by atoms with van der Waals surface area (Å²) in [5.41, 5.74) is 1.33. The van der Waals surface area contributed by atoms with Crippen LogP contribution < -0.4 is 5.32 Å². The molecule has 0 atom stereocenters. The minimum absolute atomic E-state index is 0.531. The van der Waals surface area contributed by atoms with Crippen LogP contribution in [-0.2, 0) is 6.54 Å². The van der Waals surface area contributed by atoms with Crippen molar-refractivity contribution in [3.05, 3.63) is 28.2 Å². The van der Waals surface area contributed by atoms with E-state index in [2.05, 4.69) is 67.1 Å². The molecule has 0 saturated heterocycles. The number of hydrogen-bond acceptors (Lipinski definition) is 2. The summed E-state index contributed by atoms with van der Waals surface area (Å²) in [6.07, 6.45) is 0. The van der Waals surface area contributed by atoms with Crippen LogP contribution in [0.4, 0.5) is 0 Å². The summed E-state index contributed by atoms with van der Waals surface area (Å²) in [5, 5.41) is 4.04. The third kappa shape index (κ3) is 4.89. The van der Waals surface area contributed by atoms with E-state index < -0.39 is 0 Å². The van der Waals surface area contributed by atoms with Crippen molar-refractivity contribution >= 4 is 27.7 Å². The zero-order valence-electron chi connectivity index (χ0n) is 10.4. The van der Waals surface area contributed by atoms with E-state index in [1.54, 1.807) is 0 Å². The Kier molecular flexibility index (Phi) is 5.87. The molecule has 0 unspecified atom stereocenters. The summed E-state index contributed by atoms with van der Waals surface area (Å²) in [7, 11) is 0. The Hall–Kier alpha value is 0.01000. The van der Waals surface area contributed by atoms with Gasteiger partial charge in [-0.15, -0.1) is 11.8 Å². The topological polar surface area (TPSA) is 12.0 Å². The van der Waals surface area contributed by atoms with Gasteiger partial charge in [-0.25, -0.2) is 0 Å². The maximum atomic E-state index is 3.63. The quantitative estimate of drug-likeness (QED) is 0.807. The Balaban J connectivity index is 2.67. The Morgan fingerprint density at radius 1 is 1.25 bits per heavy atom. The Bertz CT molecular complexity index is 337. The molecule has 0 fully saturated rings. The molecule has 1 aromatic rings. The summed E-state index contributed by atoms with van der Waals surface area (Å²) in [6.45, 7) is 9.69. The van der Waals surface area contributed by atoms with Crippen molar-refractivity contribution in [2.24, 2.45) is 0 Å². The summed E-state index contributed by atoms with van der Waals surface area (Å²) < 4.78 is 1.20. The van der Waals surface area contributed by atoms with Gasteiger partial charge in [0.25, 0.3) is 0 Å². The smallest absolute Gasteiger partial charge is 0.0314 e. The number of thioether (sulfide) groups is 1. The molecular weight excluding hydrogens is 282 g/mol. The summed E-state index contributed by atoms with van der Waals surface area (Å²) in [6, 6.07) is 7.14. The molecule has 0 spiro atoms. The van der Waals surface area contributed by atoms with Crippen LogP contribution in [0.2, 0.25) is 0 Å². The van der Waals surface area contributed by atoms with Gasteiger partial charge in [-0.2, -0.15) is 0 Å². The molecule has 1 aromatic carbocycles. The second-order valence-corrected chi connectivity index (χ2v) is 6.94. The minimum Gasteiger partial charge on any atom is -0.310 e. The van der Waals surface area contributed by atoms with Gasteiger partial charge in [0.15, 0.2) is 0 Å². The van der Waals surface area contributed by atoms with E-state index in [4.69, 9.17) is 0 Å². The second kappa shape index (κ2) is 6.67. The first-order valence-corrected chi connectivity index (χ1v) is 7.34. The fourth-order valence-electron chi connectivity index (χ4n) is 1.33. The van der Waals surface area contributed by atoms with Gasteiger partial charge in [-0.05, 0) is 33.6 Å². The molecule has 0 saturated carbocycles. The Morgan fingerprint density at radius 2 is 1.94 bits per heavy atom. The average Bonchev–Trinajstić information content (AvgIpc) is 2.18. The van der Waals surface area contributed by atoms with E-state index >= 15 is 0 Å². The first-order chi connectivity index (χ1) is 7.49. The van der Waals surface area contributed by atoms with E-state index in [0.717, 1.165) is 6.54 Å². The van der Waals surface area contributed by atoms with Gasteiger partial charge in [0.1, 0.15) is 0 Å². The van der Waals surface area contributed by atoms with Gasteiger partial charge in [0.2, 0.25) is 0 Å². The van der Waals surface area contributed by atoms with E-state index in [9.17, 15) is 0 Å². The number of hydrogen-bond donors (Lipinski definition) is 1. The SMILES string of the molecule is CC(C)NCc1ccc(SC(C)C)c(Br)c1. The molecule has 3 heteroatoms. The minimum atomic E-state index is 0.531. The molecule has 0 aliphatic carbocycles. The van der Waals surface area contributed by atoms with Crippen molar-refractivity contribution in [1.29, 1.82) is 0 Å². The van der Waals surface area contributed by atoms with Crippen LogP contribution in [0.25, 0.3) is 0 Å². The largest absolute Gasteiger partial charge is 0.310 e. The van der Waals surface area contributed by atoms with Gasteiger partial charge < -0.3 is 5.32 Å². The summed E-state index contributed by atoms with van der Waals surface area (Å²) in [4.78, 5) is 1.32. The van der Waals surface area contributed by atoms with Crippen LogP contribution in [0.5, 0.6) is 0 Å². The van der Waals surface area contributed by atoms with Crippen LogP contribution in [-0.4, -0.2) is 11.3 Å². The van der Waals surface area contributed by atoms with Crippen molar-refractivity contribution in [3.63, 3.8) is 0 Å². The van der Waals surface area contributed by atoms with Crippen LogP contribution in [0.15, 0.2) is 27.6 Å². The lowest BCUT2D eigenvalue weighted by atomic mass is 10.2. The van der Waals surface area contributed by atoms with Crippen LogP contribution >= 0.6 is 27.7 Å². The molecule has 0 amide bonds. The maximum Gasteiger partial charge on any atom is 0.0314 e. The van der Waals surface area contributed by atoms with Gasteiger partial charge in [0, 0.05) is 27.2 Å². The highest BCUT2D eigenvalue weighted by atomic mass is 79.9. The number of benzene rings is 1. The molecule has 90 valence electrons. The molecular formula is C13H20BrNS. The number of nitrogens with one attached hydrogen (secondary N) is 1. The lowest BCUT2D eigenvalue weighted by molar-refractivity contribution is 0.588. The predicted octanol–water partition coefficient (Wildman–Crippen LogP) is 4.45. The molecule has 1 N–H and O–H groups in total. The van der Waals surface area contributed by atoms with Crippen molar-refractivity contribution in [2.75, 3.05) is 0 Å². The average molecular weight is 302 g/mol. The highest BCUT2D eigenvalue weighted by Gasteiger charge is 2.04. The lowest BCUT2D eigenvalue weighted by Gasteiger charge is -2.11. The van der Waals surface area contributed by atoms with Gasteiger partial charge in [-0.1, -0.05) is 33.8 Å². The van der Waals surface area contributed by atoms with Gasteiger partial charge in [-0.3, -0.25) is 0 Å². The van der Waals surface area contributed by atoms with E-state index in [0.29, 0.717) is 11.3 Å². The molecule has 0 aliphatic rings. The van der Waals surface area contributed by atoms with Gasteiger partial charge in [0.05, 0.1) is 0 Å². The normalized spacial score (nSPS) is 11.4. The van der Waals surface area contributed by atoms with Gasteiger partial charge >= 0.3 is 0 Å². The van der Waals surface area contributed by atoms with E-state index in [1.165, 1.54) is 14.9 Å². The Morgan fingerprint density at radius 3 is 2.44 bits per heavy atom. The fraction of sp³-hybridized carbons (Fsp3) is 0.538. The molecule has 16 heavy (non-hydrogen) atoms. The molecule has 1 rings (SSSR count). The van der Waals surface area contributed by atoms with Crippen molar-refractivity contribution in [1.82, 2.24) is 5.32 Å². The monoisotopic (exact) mass is 301 g/mol. The van der Waals surface area contributed by atoms with Crippen LogP contribution in [0, 0.1) is 0 Å². The van der Waals surface area contributed by atoms with Crippen molar-refractivity contribution in [3.8, 4) is 0 Å². The zero-order valence-corrected chi connectivity index (χ0v) is 12.8. The fourth-order valence-corrected chi connectivity index (χ4v) is 2.86. The maximum absolute atomic E-state index is 3.63. The highest BCUT2D eigenvalue weighted by molar-refractivity contribution is 9.10. The van der Waals surface area contributed by atoms with Crippen LogP contribution in [0.3, 0.4) is 0 Å². The van der Waals surface area contributed by atoms with E-state index in [-0.39, 0.29) is 0 Å². The first-order valence-electron chi connectivity index (χ1n) is 5.67. The van der Waals surface area contributed by atoms with Crippen LogP contribution in [0.1, 0.15) is 33.3 Å². The van der Waals surface area contributed by atoms with Crippen molar-refractivity contribution < 1.29 is 0 Å². The summed E-state index contributed by atoms with van der Waals surface area (Å²) in [5.74, 6) is 0.